The number of ether oxygens (including phenoxy) is 2. The van der Waals surface area contributed by atoms with Gasteiger partial charge in [0.15, 0.2) is 0 Å². The maximum absolute atomic E-state index is 12.9. The lowest BCUT2D eigenvalue weighted by Crippen LogP contribution is -2.47. The Bertz CT molecular complexity index is 1130. The molecule has 2 N–H and O–H groups in total. The first kappa shape index (κ1) is 24.3. The number of alkyl carbamates (subject to hydrolysis) is 1. The normalized spacial score (nSPS) is 13.0. The number of nitrogens with one attached hydrogen (secondary N) is 2. The third-order valence-electron chi connectivity index (χ3n) is 6.29. The molecule has 0 fully saturated rings. The van der Waals surface area contributed by atoms with Gasteiger partial charge in [0.05, 0.1) is 7.11 Å². The van der Waals surface area contributed by atoms with E-state index in [2.05, 4.69) is 34.9 Å². The van der Waals surface area contributed by atoms with Crippen LogP contribution < -0.4 is 15.4 Å². The second-order valence-corrected chi connectivity index (χ2v) is 9.22. The zero-order chi connectivity index (χ0) is 24.8. The van der Waals surface area contributed by atoms with Gasteiger partial charge in [0.2, 0.25) is 5.91 Å². The van der Waals surface area contributed by atoms with E-state index < -0.39 is 12.1 Å². The number of methoxy groups -OCH3 is 1. The molecule has 0 spiro atoms. The van der Waals surface area contributed by atoms with Gasteiger partial charge < -0.3 is 20.1 Å². The molecule has 35 heavy (non-hydrogen) atoms. The average Bonchev–Trinajstić information content (AvgIpc) is 3.19. The van der Waals surface area contributed by atoms with Crippen LogP contribution in [0.15, 0.2) is 72.8 Å². The average molecular weight is 473 g/mol. The second-order valence-electron chi connectivity index (χ2n) is 9.22. The van der Waals surface area contributed by atoms with Gasteiger partial charge in [0.1, 0.15) is 18.4 Å². The largest absolute Gasteiger partial charge is 0.497 e. The number of benzene rings is 3. The van der Waals surface area contributed by atoms with Crippen molar-refractivity contribution in [3.63, 3.8) is 0 Å². The van der Waals surface area contributed by atoms with E-state index in [0.29, 0.717) is 13.0 Å². The highest BCUT2D eigenvalue weighted by Gasteiger charge is 2.30. The van der Waals surface area contributed by atoms with Gasteiger partial charge in [-0.1, -0.05) is 74.5 Å². The summed E-state index contributed by atoms with van der Waals surface area (Å²) in [7, 11) is 1.61. The fourth-order valence-corrected chi connectivity index (χ4v) is 4.54. The Kier molecular flexibility index (Phi) is 7.70. The van der Waals surface area contributed by atoms with Gasteiger partial charge in [-0.2, -0.15) is 0 Å². The number of fused-ring (bicyclic) bond motifs is 3. The highest BCUT2D eigenvalue weighted by Crippen LogP contribution is 2.44. The molecule has 0 bridgehead atoms. The standard InChI is InChI=1S/C29H32N2O4/c1-19(2)16-27(28(32)30-17-20-12-14-21(34-3)15-13-20)31-29(33)35-18-26-24-10-6-4-8-22(24)23-9-5-7-11-25(23)26/h4-15,19,26-27H,16-18H2,1-3H3,(H,30,32)(H,31,33). The van der Waals surface area contributed by atoms with Gasteiger partial charge in [-0.05, 0) is 52.3 Å². The lowest BCUT2D eigenvalue weighted by atomic mass is 9.98. The van der Waals surface area contributed by atoms with Crippen LogP contribution in [0.3, 0.4) is 0 Å². The van der Waals surface area contributed by atoms with Crippen molar-refractivity contribution in [2.24, 2.45) is 5.92 Å². The molecule has 1 aliphatic carbocycles. The van der Waals surface area contributed by atoms with E-state index in [1.54, 1.807) is 7.11 Å². The first-order valence-electron chi connectivity index (χ1n) is 12.0. The van der Waals surface area contributed by atoms with Crippen LogP contribution >= 0.6 is 0 Å². The van der Waals surface area contributed by atoms with Gasteiger partial charge in [-0.25, -0.2) is 4.79 Å². The third-order valence-corrected chi connectivity index (χ3v) is 6.29. The molecule has 0 saturated heterocycles. The SMILES string of the molecule is COc1ccc(CNC(=O)C(CC(C)C)NC(=O)OCC2c3ccccc3-c3ccccc32)cc1. The molecule has 3 aromatic carbocycles. The fraction of sp³-hybridized carbons (Fsp3) is 0.310. The van der Waals surface area contributed by atoms with Crippen LogP contribution in [0.4, 0.5) is 4.79 Å². The van der Waals surface area contributed by atoms with Crippen molar-refractivity contribution in [1.29, 1.82) is 0 Å². The third kappa shape index (κ3) is 5.83. The summed E-state index contributed by atoms with van der Waals surface area (Å²) >= 11 is 0. The maximum Gasteiger partial charge on any atom is 0.407 e. The molecule has 6 heteroatoms. The summed E-state index contributed by atoms with van der Waals surface area (Å²) in [5.74, 6) is 0.721. The molecule has 6 nitrogen and oxygen atoms in total. The summed E-state index contributed by atoms with van der Waals surface area (Å²) in [6.07, 6.45) is -0.0735. The van der Waals surface area contributed by atoms with Gasteiger partial charge >= 0.3 is 6.09 Å². The Balaban J connectivity index is 1.36. The summed E-state index contributed by atoms with van der Waals surface area (Å²) in [5.41, 5.74) is 5.60. The van der Waals surface area contributed by atoms with E-state index in [4.69, 9.17) is 9.47 Å². The summed E-state index contributed by atoms with van der Waals surface area (Å²) < 4.78 is 10.8. The molecule has 0 heterocycles. The minimum atomic E-state index is -0.677. The molecule has 1 unspecified atom stereocenters. The minimum absolute atomic E-state index is 0.0272. The van der Waals surface area contributed by atoms with Crippen LogP contribution in [0.2, 0.25) is 0 Å². The molecule has 0 aromatic heterocycles. The van der Waals surface area contributed by atoms with Gasteiger partial charge in [0.25, 0.3) is 0 Å². The van der Waals surface area contributed by atoms with Crippen molar-refractivity contribution in [1.82, 2.24) is 10.6 Å². The Morgan fingerprint density at radius 2 is 1.49 bits per heavy atom. The molecule has 2 amide bonds. The number of rotatable bonds is 9. The summed E-state index contributed by atoms with van der Waals surface area (Å²) in [6.45, 7) is 4.61. The molecule has 3 aromatic rings. The Hall–Kier alpha value is -3.80. The number of hydrogen-bond acceptors (Lipinski definition) is 4. The van der Waals surface area contributed by atoms with Crippen molar-refractivity contribution < 1.29 is 19.1 Å². The van der Waals surface area contributed by atoms with Gasteiger partial charge in [-0.3, -0.25) is 4.79 Å². The van der Waals surface area contributed by atoms with Gasteiger partial charge in [0, 0.05) is 12.5 Å². The minimum Gasteiger partial charge on any atom is -0.497 e. The molecule has 1 aliphatic rings. The van der Waals surface area contributed by atoms with Crippen LogP contribution in [-0.2, 0) is 16.1 Å². The molecule has 182 valence electrons. The van der Waals surface area contributed by atoms with Gasteiger partial charge in [-0.15, -0.1) is 0 Å². The van der Waals surface area contributed by atoms with E-state index in [1.807, 2.05) is 62.4 Å². The van der Waals surface area contributed by atoms with E-state index >= 15 is 0 Å². The highest BCUT2D eigenvalue weighted by molar-refractivity contribution is 5.85. The summed E-state index contributed by atoms with van der Waals surface area (Å²) in [5, 5.41) is 5.70. The van der Waals surface area contributed by atoms with E-state index in [9.17, 15) is 9.59 Å². The van der Waals surface area contributed by atoms with E-state index in [0.717, 1.165) is 22.4 Å². The smallest absolute Gasteiger partial charge is 0.407 e. The number of amides is 2. The van der Waals surface area contributed by atoms with Crippen molar-refractivity contribution in [2.45, 2.75) is 38.8 Å². The van der Waals surface area contributed by atoms with Crippen molar-refractivity contribution in [3.05, 3.63) is 89.5 Å². The van der Waals surface area contributed by atoms with Crippen LogP contribution in [0, 0.1) is 5.92 Å². The molecule has 4 rings (SSSR count). The molecule has 0 saturated carbocycles. The van der Waals surface area contributed by atoms with Crippen LogP contribution in [-0.4, -0.2) is 31.8 Å². The van der Waals surface area contributed by atoms with E-state index in [1.165, 1.54) is 11.1 Å². The number of carbonyl (C=O) groups excluding carboxylic acids is 2. The number of carbonyl (C=O) groups is 2. The molecular weight excluding hydrogens is 440 g/mol. The first-order chi connectivity index (χ1) is 17.0. The lowest BCUT2D eigenvalue weighted by molar-refractivity contribution is -0.123. The first-order valence-corrected chi connectivity index (χ1v) is 12.0. The van der Waals surface area contributed by atoms with Crippen molar-refractivity contribution >= 4 is 12.0 Å². The zero-order valence-electron chi connectivity index (χ0n) is 20.4. The van der Waals surface area contributed by atoms with Crippen molar-refractivity contribution in [3.8, 4) is 16.9 Å². The predicted octanol–water partition coefficient (Wildman–Crippen LogP) is 5.26. The lowest BCUT2D eigenvalue weighted by Gasteiger charge is -2.21. The molecule has 0 radical (unpaired) electrons. The Morgan fingerprint density at radius 3 is 2.06 bits per heavy atom. The summed E-state index contributed by atoms with van der Waals surface area (Å²) in [6, 6.07) is 23.2. The fourth-order valence-electron chi connectivity index (χ4n) is 4.54. The quantitative estimate of drug-likeness (QED) is 0.445. The zero-order valence-corrected chi connectivity index (χ0v) is 20.4. The molecule has 1 atom stereocenters. The Labute approximate surface area is 206 Å². The summed E-state index contributed by atoms with van der Waals surface area (Å²) in [4.78, 5) is 25.6. The predicted molar refractivity (Wildman–Crippen MR) is 136 cm³/mol. The Morgan fingerprint density at radius 1 is 0.886 bits per heavy atom. The molecule has 0 aliphatic heterocycles. The van der Waals surface area contributed by atoms with Crippen LogP contribution in [0.1, 0.15) is 42.9 Å². The van der Waals surface area contributed by atoms with Crippen molar-refractivity contribution in [2.75, 3.05) is 13.7 Å². The van der Waals surface area contributed by atoms with Crippen LogP contribution in [0.25, 0.3) is 11.1 Å². The monoisotopic (exact) mass is 472 g/mol. The topological polar surface area (TPSA) is 76.7 Å². The van der Waals surface area contributed by atoms with E-state index in [-0.39, 0.29) is 24.3 Å². The second kappa shape index (κ2) is 11.1. The van der Waals surface area contributed by atoms with Crippen LogP contribution in [0.5, 0.6) is 5.75 Å². The number of hydrogen-bond donors (Lipinski definition) is 2. The maximum atomic E-state index is 12.9. The molecular formula is C29H32N2O4. The highest BCUT2D eigenvalue weighted by atomic mass is 16.5.